The normalized spacial score (nSPS) is 11.7. The van der Waals surface area contributed by atoms with E-state index in [0.29, 0.717) is 45.9 Å². The number of hydrogen-bond acceptors (Lipinski definition) is 6. The Kier molecular flexibility index (Phi) is 5.42. The standard InChI is InChI=1S/C32H18N8.Y/c1-2-10-18-17(9-1)25-33-26(18)38-28-21-13-5-6-14-22(21)30(35-28)40-32-24-16-8-7-15-23(24)31(36-32)39-29-20-12-4-3-11-19(20)27(34-29)37-25;/h1-16H,(H2,33,34,35,36,37,38,39,40);. The van der Waals surface area contributed by atoms with Crippen LogP contribution in [0.15, 0.2) is 97.1 Å². The third-order valence-electron chi connectivity index (χ3n) is 7.46. The summed E-state index contributed by atoms with van der Waals surface area (Å²) < 4.78 is 0. The van der Waals surface area contributed by atoms with E-state index < -0.39 is 0 Å². The predicted molar refractivity (Wildman–Crippen MR) is 156 cm³/mol. The van der Waals surface area contributed by atoms with E-state index in [0.717, 1.165) is 43.8 Å². The summed E-state index contributed by atoms with van der Waals surface area (Å²) in [7, 11) is 0. The molecule has 189 valence electrons. The van der Waals surface area contributed by atoms with Gasteiger partial charge in [-0.1, -0.05) is 97.1 Å². The summed E-state index contributed by atoms with van der Waals surface area (Å²) >= 11 is 0. The zero-order chi connectivity index (χ0) is 26.2. The summed E-state index contributed by atoms with van der Waals surface area (Å²) in [4.78, 5) is 36.8. The Morgan fingerprint density at radius 3 is 0.829 bits per heavy atom. The Morgan fingerprint density at radius 2 is 0.561 bits per heavy atom. The SMILES string of the molecule is [Y].c1ccc2c(c1)-c1nc-2nc2[nH]c(nc3nc(nc4[nH]c(n1)c1ccccc41)-c1ccccc1-3)c1ccccc21. The molecule has 0 saturated carbocycles. The minimum absolute atomic E-state index is 0. The molecule has 0 saturated heterocycles. The van der Waals surface area contributed by atoms with Gasteiger partial charge in [0.05, 0.1) is 0 Å². The van der Waals surface area contributed by atoms with Crippen LogP contribution in [0.5, 0.6) is 0 Å². The third kappa shape index (κ3) is 3.68. The Bertz CT molecular complexity index is 2030. The molecule has 9 heteroatoms. The maximum Gasteiger partial charge on any atom is 0.164 e. The van der Waals surface area contributed by atoms with Gasteiger partial charge in [0.1, 0.15) is 22.6 Å². The van der Waals surface area contributed by atoms with Gasteiger partial charge in [-0.2, -0.15) is 0 Å². The second-order valence-corrected chi connectivity index (χ2v) is 9.79. The third-order valence-corrected chi connectivity index (χ3v) is 7.46. The number of aromatic amines is 2. The number of nitrogens with zero attached hydrogens (tertiary/aromatic N) is 6. The van der Waals surface area contributed by atoms with E-state index >= 15 is 0 Å². The Hall–Kier alpha value is -4.66. The molecule has 3 aromatic heterocycles. The molecular formula is C32H18N8Y. The van der Waals surface area contributed by atoms with Crippen LogP contribution in [-0.2, 0) is 32.7 Å². The van der Waals surface area contributed by atoms with E-state index in [-0.39, 0.29) is 32.7 Å². The minimum atomic E-state index is 0. The predicted octanol–water partition coefficient (Wildman–Crippen LogP) is 6.87. The molecule has 0 unspecified atom stereocenters. The van der Waals surface area contributed by atoms with E-state index in [1.54, 1.807) is 0 Å². The van der Waals surface area contributed by atoms with Gasteiger partial charge in [-0.25, -0.2) is 29.9 Å². The average molecular weight is 603 g/mol. The van der Waals surface area contributed by atoms with Gasteiger partial charge in [0.25, 0.3) is 0 Å². The van der Waals surface area contributed by atoms with Crippen LogP contribution in [0.2, 0.25) is 0 Å². The van der Waals surface area contributed by atoms with Crippen molar-refractivity contribution in [1.82, 2.24) is 39.9 Å². The Balaban J connectivity index is 0.00000256. The molecule has 0 fully saturated rings. The molecule has 2 aliphatic heterocycles. The van der Waals surface area contributed by atoms with Gasteiger partial charge < -0.3 is 9.97 Å². The Labute approximate surface area is 257 Å². The van der Waals surface area contributed by atoms with E-state index in [4.69, 9.17) is 29.9 Å². The maximum atomic E-state index is 5.02. The van der Waals surface area contributed by atoms with Crippen LogP contribution in [0.25, 0.3) is 89.7 Å². The molecule has 41 heavy (non-hydrogen) atoms. The van der Waals surface area contributed by atoms with E-state index in [9.17, 15) is 0 Å². The molecule has 8 nitrogen and oxygen atoms in total. The molecule has 4 aromatic carbocycles. The second-order valence-electron chi connectivity index (χ2n) is 9.79. The van der Waals surface area contributed by atoms with Crippen LogP contribution >= 0.6 is 0 Å². The van der Waals surface area contributed by atoms with Crippen LogP contribution < -0.4 is 0 Å². The van der Waals surface area contributed by atoms with Gasteiger partial charge in [0, 0.05) is 76.5 Å². The second kappa shape index (κ2) is 9.19. The number of nitrogens with one attached hydrogen (secondary N) is 2. The molecule has 7 aromatic rings. The molecular weight excluding hydrogens is 585 g/mol. The number of fused-ring (bicyclic) bond motifs is 20. The first-order chi connectivity index (χ1) is 19.8. The van der Waals surface area contributed by atoms with Crippen molar-refractivity contribution < 1.29 is 32.7 Å². The first-order valence-corrected chi connectivity index (χ1v) is 13.0. The minimum Gasteiger partial charge on any atom is -0.324 e. The number of H-pyrrole nitrogens is 2. The van der Waals surface area contributed by atoms with Crippen molar-refractivity contribution in [3.63, 3.8) is 0 Å². The molecule has 9 rings (SSSR count). The van der Waals surface area contributed by atoms with Gasteiger partial charge in [-0.3, -0.25) is 0 Å². The summed E-state index contributed by atoms with van der Waals surface area (Å²) in [5, 5.41) is 3.82. The van der Waals surface area contributed by atoms with E-state index in [1.165, 1.54) is 0 Å². The van der Waals surface area contributed by atoms with Crippen LogP contribution in [0.3, 0.4) is 0 Å². The van der Waals surface area contributed by atoms with Gasteiger partial charge >= 0.3 is 0 Å². The summed E-state index contributed by atoms with van der Waals surface area (Å²) in [6.45, 7) is 0. The van der Waals surface area contributed by atoms with Crippen LogP contribution in [0.4, 0.5) is 0 Å². The van der Waals surface area contributed by atoms with Gasteiger partial charge in [0.15, 0.2) is 23.3 Å². The van der Waals surface area contributed by atoms with Crippen LogP contribution in [0, 0.1) is 0 Å². The maximum absolute atomic E-state index is 5.02. The molecule has 5 heterocycles. The zero-order valence-corrected chi connectivity index (χ0v) is 24.3. The van der Waals surface area contributed by atoms with Crippen molar-refractivity contribution in [1.29, 1.82) is 0 Å². The number of benzene rings is 4. The first kappa shape index (κ1) is 24.2. The van der Waals surface area contributed by atoms with Gasteiger partial charge in [-0.05, 0) is 0 Å². The monoisotopic (exact) mass is 603 g/mol. The number of rotatable bonds is 0. The van der Waals surface area contributed by atoms with Crippen molar-refractivity contribution in [2.75, 3.05) is 0 Å². The molecule has 0 aliphatic carbocycles. The van der Waals surface area contributed by atoms with Crippen molar-refractivity contribution in [3.8, 4) is 45.6 Å². The average Bonchev–Trinajstić information content (AvgIpc) is 3.73. The molecule has 0 spiro atoms. The zero-order valence-electron chi connectivity index (χ0n) is 21.5. The quantitative estimate of drug-likeness (QED) is 0.196. The smallest absolute Gasteiger partial charge is 0.164 e. The fourth-order valence-corrected chi connectivity index (χ4v) is 5.59. The summed E-state index contributed by atoms with van der Waals surface area (Å²) in [6.07, 6.45) is 0. The summed E-state index contributed by atoms with van der Waals surface area (Å²) in [5.41, 5.74) is 6.45. The largest absolute Gasteiger partial charge is 0.324 e. The first-order valence-electron chi connectivity index (χ1n) is 13.0. The summed E-state index contributed by atoms with van der Waals surface area (Å²) in [6, 6.07) is 32.2. The van der Waals surface area contributed by atoms with Gasteiger partial charge in [0.2, 0.25) is 0 Å². The van der Waals surface area contributed by atoms with Crippen LogP contribution in [-0.4, -0.2) is 39.9 Å². The van der Waals surface area contributed by atoms with E-state index in [2.05, 4.69) is 9.97 Å². The molecule has 8 bridgehead atoms. The van der Waals surface area contributed by atoms with Crippen molar-refractivity contribution in [3.05, 3.63) is 97.1 Å². The van der Waals surface area contributed by atoms with Crippen molar-refractivity contribution in [2.45, 2.75) is 0 Å². The van der Waals surface area contributed by atoms with Crippen LogP contribution in [0.1, 0.15) is 0 Å². The number of hydrogen-bond donors (Lipinski definition) is 2. The molecule has 2 N–H and O–H groups in total. The molecule has 0 amide bonds. The molecule has 0 atom stereocenters. The van der Waals surface area contributed by atoms with Crippen molar-refractivity contribution in [2.24, 2.45) is 0 Å². The molecule has 1 radical (unpaired) electrons. The van der Waals surface area contributed by atoms with E-state index in [1.807, 2.05) is 97.1 Å². The van der Waals surface area contributed by atoms with Crippen molar-refractivity contribution >= 4 is 44.1 Å². The fourth-order valence-electron chi connectivity index (χ4n) is 5.59. The summed E-state index contributed by atoms with van der Waals surface area (Å²) in [5.74, 6) is 2.39. The number of aromatic nitrogens is 8. The Morgan fingerprint density at radius 1 is 0.317 bits per heavy atom. The topological polar surface area (TPSA) is 109 Å². The van der Waals surface area contributed by atoms with Gasteiger partial charge in [-0.15, -0.1) is 0 Å². The fraction of sp³-hybridized carbons (Fsp3) is 0. The molecule has 2 aliphatic rings.